The van der Waals surface area contributed by atoms with Gasteiger partial charge in [0.05, 0.1) is 24.7 Å². The Morgan fingerprint density at radius 2 is 2.08 bits per heavy atom. The highest BCUT2D eigenvalue weighted by Gasteiger charge is 2.37. The summed E-state index contributed by atoms with van der Waals surface area (Å²) in [6.45, 7) is 6.96. The number of hydrogen-bond acceptors (Lipinski definition) is 4. The van der Waals surface area contributed by atoms with Crippen molar-refractivity contribution in [1.82, 2.24) is 9.78 Å². The first-order chi connectivity index (χ1) is 11.9. The lowest BCUT2D eigenvalue weighted by molar-refractivity contribution is 0.626. The van der Waals surface area contributed by atoms with Crippen molar-refractivity contribution in [3.63, 3.8) is 0 Å². The van der Waals surface area contributed by atoms with Crippen molar-refractivity contribution >= 4 is 17.7 Å². The third kappa shape index (κ3) is 3.08. The molecule has 5 heteroatoms. The zero-order valence-electron chi connectivity index (χ0n) is 15.2. The van der Waals surface area contributed by atoms with Gasteiger partial charge in [-0.15, -0.1) is 0 Å². The Bertz CT molecular complexity index is 880. The summed E-state index contributed by atoms with van der Waals surface area (Å²) < 4.78 is 1.78. The summed E-state index contributed by atoms with van der Waals surface area (Å²) in [5, 5.41) is 13.2. The monoisotopic (exact) mass is 333 g/mol. The van der Waals surface area contributed by atoms with Crippen molar-refractivity contribution in [1.29, 1.82) is 5.26 Å². The summed E-state index contributed by atoms with van der Waals surface area (Å²) in [4.78, 5) is 6.79. The fourth-order valence-corrected chi connectivity index (χ4v) is 3.44. The minimum Gasteiger partial charge on any atom is -0.347 e. The number of likely N-dealkylation sites (N-methyl/N-ethyl adjacent to an activating group) is 1. The van der Waals surface area contributed by atoms with Gasteiger partial charge in [0.2, 0.25) is 0 Å². The second-order valence-electron chi connectivity index (χ2n) is 6.81. The highest BCUT2D eigenvalue weighted by molar-refractivity contribution is 5.80. The van der Waals surface area contributed by atoms with E-state index >= 15 is 0 Å². The van der Waals surface area contributed by atoms with Crippen LogP contribution in [0.5, 0.6) is 0 Å². The van der Waals surface area contributed by atoms with Crippen LogP contribution in [0.25, 0.3) is 0 Å². The maximum absolute atomic E-state index is 8.77. The van der Waals surface area contributed by atoms with Crippen molar-refractivity contribution < 1.29 is 0 Å². The normalized spacial score (nSPS) is 17.2. The van der Waals surface area contributed by atoms with E-state index in [1.165, 1.54) is 16.9 Å². The molecule has 2 heterocycles. The predicted molar refractivity (Wildman–Crippen MR) is 101 cm³/mol. The zero-order valence-corrected chi connectivity index (χ0v) is 15.2. The van der Waals surface area contributed by atoms with E-state index in [2.05, 4.69) is 72.3 Å². The number of nitrogens with zero attached hydrogens (tertiary/aromatic N) is 5. The molecule has 128 valence electrons. The van der Waals surface area contributed by atoms with Gasteiger partial charge in [-0.3, -0.25) is 0 Å². The SMILES string of the molecule is Cc1cc(N=C/C=C2\N(C)c3ccccc3C2(C)C)n(CCC#N)n1. The third-order valence-corrected chi connectivity index (χ3v) is 4.70. The first-order valence-electron chi connectivity index (χ1n) is 8.44. The van der Waals surface area contributed by atoms with Crippen LogP contribution in [-0.4, -0.2) is 23.0 Å². The van der Waals surface area contributed by atoms with Crippen LogP contribution >= 0.6 is 0 Å². The Labute approximate surface area is 148 Å². The number of hydrogen-bond donors (Lipinski definition) is 0. The average Bonchev–Trinajstić information content (AvgIpc) is 3.03. The largest absolute Gasteiger partial charge is 0.347 e. The molecule has 25 heavy (non-hydrogen) atoms. The highest BCUT2D eigenvalue weighted by Crippen LogP contribution is 2.46. The van der Waals surface area contributed by atoms with Gasteiger partial charge >= 0.3 is 0 Å². The van der Waals surface area contributed by atoms with E-state index in [0.29, 0.717) is 13.0 Å². The molecule has 0 aliphatic carbocycles. The molecule has 1 aromatic heterocycles. The maximum Gasteiger partial charge on any atom is 0.150 e. The summed E-state index contributed by atoms with van der Waals surface area (Å²) >= 11 is 0. The van der Waals surface area contributed by atoms with Crippen LogP contribution in [0.2, 0.25) is 0 Å². The number of fused-ring (bicyclic) bond motifs is 1. The van der Waals surface area contributed by atoms with E-state index < -0.39 is 0 Å². The molecule has 0 saturated heterocycles. The molecule has 0 unspecified atom stereocenters. The van der Waals surface area contributed by atoms with Gasteiger partial charge in [0.15, 0.2) is 5.82 Å². The second-order valence-corrected chi connectivity index (χ2v) is 6.81. The summed E-state index contributed by atoms with van der Waals surface area (Å²) in [6, 6.07) is 12.6. The van der Waals surface area contributed by atoms with Crippen molar-refractivity contribution in [3.8, 4) is 6.07 Å². The zero-order chi connectivity index (χ0) is 18.0. The smallest absolute Gasteiger partial charge is 0.150 e. The standard InChI is InChI=1S/C20H23N5/c1-15-14-19(25(23-15)13-7-11-21)22-12-10-18-20(2,3)16-8-5-6-9-17(16)24(18)4/h5-6,8-10,12,14H,7,13H2,1-4H3/b18-10-,22-12?. The minimum absolute atomic E-state index is 0.0612. The third-order valence-electron chi connectivity index (χ3n) is 4.70. The summed E-state index contributed by atoms with van der Waals surface area (Å²) in [5.74, 6) is 0.778. The van der Waals surface area contributed by atoms with E-state index in [4.69, 9.17) is 5.26 Å². The van der Waals surface area contributed by atoms with Gasteiger partial charge in [0.25, 0.3) is 0 Å². The van der Waals surface area contributed by atoms with E-state index in [9.17, 15) is 0 Å². The molecule has 0 spiro atoms. The number of rotatable bonds is 4. The summed E-state index contributed by atoms with van der Waals surface area (Å²) in [5.41, 5.74) is 4.61. The summed E-state index contributed by atoms with van der Waals surface area (Å²) in [6.07, 6.45) is 4.32. The molecule has 1 aromatic carbocycles. The Balaban J connectivity index is 1.88. The molecular formula is C20H23N5. The first-order valence-corrected chi connectivity index (χ1v) is 8.44. The van der Waals surface area contributed by atoms with Crippen LogP contribution in [0.4, 0.5) is 11.5 Å². The van der Waals surface area contributed by atoms with E-state index in [1.807, 2.05) is 19.2 Å². The topological polar surface area (TPSA) is 57.2 Å². The average molecular weight is 333 g/mol. The lowest BCUT2D eigenvalue weighted by atomic mass is 9.84. The van der Waals surface area contributed by atoms with E-state index in [-0.39, 0.29) is 5.41 Å². The number of benzene rings is 1. The number of anilines is 1. The fraction of sp³-hybridized carbons (Fsp3) is 0.350. The molecule has 1 aliphatic rings. The highest BCUT2D eigenvalue weighted by atomic mass is 15.3. The van der Waals surface area contributed by atoms with Crippen molar-refractivity contribution in [3.05, 3.63) is 53.4 Å². The minimum atomic E-state index is -0.0612. The molecule has 2 aromatic rings. The maximum atomic E-state index is 8.77. The van der Waals surface area contributed by atoms with Crippen LogP contribution in [0.1, 0.15) is 31.5 Å². The molecule has 0 bridgehead atoms. The van der Waals surface area contributed by atoms with Crippen molar-refractivity contribution in [2.45, 2.75) is 39.2 Å². The molecule has 5 nitrogen and oxygen atoms in total. The van der Waals surface area contributed by atoms with Gasteiger partial charge in [0.1, 0.15) is 0 Å². The van der Waals surface area contributed by atoms with E-state index in [0.717, 1.165) is 11.5 Å². The number of aryl methyl sites for hydroxylation is 2. The Morgan fingerprint density at radius 3 is 2.80 bits per heavy atom. The fourth-order valence-electron chi connectivity index (χ4n) is 3.44. The molecule has 0 radical (unpaired) electrons. The van der Waals surface area contributed by atoms with Crippen LogP contribution in [-0.2, 0) is 12.0 Å². The van der Waals surface area contributed by atoms with Crippen LogP contribution < -0.4 is 4.90 Å². The predicted octanol–water partition coefficient (Wildman–Crippen LogP) is 4.12. The van der Waals surface area contributed by atoms with Gasteiger partial charge in [0, 0.05) is 36.1 Å². The number of allylic oxidation sites excluding steroid dienone is 2. The van der Waals surface area contributed by atoms with E-state index in [1.54, 1.807) is 4.68 Å². The number of para-hydroxylation sites is 1. The van der Waals surface area contributed by atoms with Gasteiger partial charge in [-0.2, -0.15) is 10.4 Å². The van der Waals surface area contributed by atoms with Crippen molar-refractivity contribution in [2.24, 2.45) is 4.99 Å². The lowest BCUT2D eigenvalue weighted by Gasteiger charge is -2.23. The van der Waals surface area contributed by atoms with Crippen LogP contribution in [0.15, 0.2) is 47.1 Å². The molecule has 0 fully saturated rings. The molecular weight excluding hydrogens is 310 g/mol. The Morgan fingerprint density at radius 1 is 1.32 bits per heavy atom. The molecule has 0 N–H and O–H groups in total. The van der Waals surface area contributed by atoms with Crippen LogP contribution in [0.3, 0.4) is 0 Å². The quantitative estimate of drug-likeness (QED) is 0.791. The first kappa shape index (κ1) is 17.0. The molecule has 1 aliphatic heterocycles. The molecule has 0 saturated carbocycles. The van der Waals surface area contributed by atoms with Gasteiger partial charge < -0.3 is 4.90 Å². The lowest BCUT2D eigenvalue weighted by Crippen LogP contribution is -2.23. The van der Waals surface area contributed by atoms with Gasteiger partial charge in [-0.05, 0) is 24.6 Å². The molecule has 0 atom stereocenters. The number of aromatic nitrogens is 2. The number of aliphatic imine (C=N–C) groups is 1. The second kappa shape index (κ2) is 6.56. The molecule has 0 amide bonds. The Kier molecular flexibility index (Phi) is 4.45. The summed E-state index contributed by atoms with van der Waals surface area (Å²) in [7, 11) is 2.09. The Hall–Kier alpha value is -2.87. The van der Waals surface area contributed by atoms with Crippen LogP contribution in [0, 0.1) is 18.3 Å². The van der Waals surface area contributed by atoms with Gasteiger partial charge in [-0.25, -0.2) is 9.67 Å². The number of nitriles is 1. The molecule has 3 rings (SSSR count). The van der Waals surface area contributed by atoms with Gasteiger partial charge in [-0.1, -0.05) is 32.0 Å². The van der Waals surface area contributed by atoms with Crippen molar-refractivity contribution in [2.75, 3.05) is 11.9 Å².